The third kappa shape index (κ3) is 3.56. The van der Waals surface area contributed by atoms with Crippen LogP contribution in [0.25, 0.3) is 0 Å². The fraction of sp³-hybridized carbons (Fsp3) is 0.333. The molecule has 0 bridgehead atoms. The van der Waals surface area contributed by atoms with Crippen molar-refractivity contribution >= 4 is 11.4 Å². The van der Waals surface area contributed by atoms with E-state index in [1.165, 1.54) is 5.56 Å². The van der Waals surface area contributed by atoms with Crippen molar-refractivity contribution in [3.05, 3.63) is 70.8 Å². The van der Waals surface area contributed by atoms with Crippen LogP contribution in [0.2, 0.25) is 0 Å². The number of aryl methyl sites for hydroxylation is 1. The van der Waals surface area contributed by atoms with Crippen molar-refractivity contribution in [1.29, 1.82) is 0 Å². The second-order valence-electron chi connectivity index (χ2n) is 6.48. The molecule has 2 rings (SSSR count). The van der Waals surface area contributed by atoms with Crippen molar-refractivity contribution in [2.75, 3.05) is 7.05 Å². The van der Waals surface area contributed by atoms with Crippen LogP contribution in [-0.2, 0) is 0 Å². The van der Waals surface area contributed by atoms with Crippen molar-refractivity contribution in [3.63, 3.8) is 0 Å². The monoisotopic (exact) mass is 321 g/mol. The Morgan fingerprint density at radius 3 is 2.00 bits per heavy atom. The Hall–Kier alpha value is -2.42. The molecular formula is C21H27N3. The van der Waals surface area contributed by atoms with E-state index >= 15 is 0 Å². The summed E-state index contributed by atoms with van der Waals surface area (Å²) in [6, 6.07) is 16.5. The predicted octanol–water partition coefficient (Wildman–Crippen LogP) is 4.54. The summed E-state index contributed by atoms with van der Waals surface area (Å²) in [5.74, 6) is 6.75. The van der Waals surface area contributed by atoms with Gasteiger partial charge in [0.1, 0.15) is 5.71 Å². The van der Waals surface area contributed by atoms with Crippen molar-refractivity contribution in [1.82, 2.24) is 0 Å². The van der Waals surface area contributed by atoms with Crippen LogP contribution in [-0.4, -0.2) is 18.5 Å². The molecule has 2 aromatic carbocycles. The van der Waals surface area contributed by atoms with E-state index in [1.54, 1.807) is 7.05 Å². The minimum Gasteiger partial charge on any atom is -0.323 e. The number of nitrogens with zero attached hydrogens (tertiary/aromatic N) is 2. The first-order valence-corrected chi connectivity index (χ1v) is 8.41. The van der Waals surface area contributed by atoms with Crippen LogP contribution in [0.1, 0.15) is 48.9 Å². The molecule has 0 saturated carbocycles. The molecule has 0 aromatic heterocycles. The number of nitrogens with two attached hydrogens (primary N) is 1. The summed E-state index contributed by atoms with van der Waals surface area (Å²) in [6.07, 6.45) is 0. The molecule has 2 aromatic rings. The fourth-order valence-electron chi connectivity index (χ4n) is 2.92. The average molecular weight is 321 g/mol. The molecule has 126 valence electrons. The van der Waals surface area contributed by atoms with E-state index in [2.05, 4.69) is 62.1 Å². The molecule has 0 fully saturated rings. The lowest BCUT2D eigenvalue weighted by atomic mass is 9.84. The first-order chi connectivity index (χ1) is 11.5. The number of aliphatic imine (C=N–C) groups is 1. The lowest BCUT2D eigenvalue weighted by Gasteiger charge is -2.21. The van der Waals surface area contributed by atoms with Gasteiger partial charge in [-0.3, -0.25) is 4.99 Å². The maximum Gasteiger partial charge on any atom is 0.116 e. The summed E-state index contributed by atoms with van der Waals surface area (Å²) < 4.78 is 0. The van der Waals surface area contributed by atoms with Crippen LogP contribution in [0.3, 0.4) is 0 Å². The maximum atomic E-state index is 5.78. The van der Waals surface area contributed by atoms with Gasteiger partial charge in [0, 0.05) is 18.2 Å². The Bertz CT molecular complexity index is 757. The van der Waals surface area contributed by atoms with E-state index < -0.39 is 0 Å². The van der Waals surface area contributed by atoms with Gasteiger partial charge in [0.15, 0.2) is 0 Å². The van der Waals surface area contributed by atoms with Gasteiger partial charge < -0.3 is 5.84 Å². The van der Waals surface area contributed by atoms with Gasteiger partial charge in [-0.1, -0.05) is 69.3 Å². The summed E-state index contributed by atoms with van der Waals surface area (Å²) in [5.41, 5.74) is 6.12. The Balaban J connectivity index is 2.60. The molecule has 0 amide bonds. The summed E-state index contributed by atoms with van der Waals surface area (Å²) in [4.78, 5) is 4.56. The predicted molar refractivity (Wildman–Crippen MR) is 104 cm³/mol. The van der Waals surface area contributed by atoms with E-state index in [0.29, 0.717) is 11.8 Å². The van der Waals surface area contributed by atoms with Crippen LogP contribution >= 0.6 is 0 Å². The zero-order valence-corrected chi connectivity index (χ0v) is 15.2. The number of benzene rings is 2. The van der Waals surface area contributed by atoms with Gasteiger partial charge in [0.05, 0.1) is 5.71 Å². The second kappa shape index (κ2) is 7.91. The van der Waals surface area contributed by atoms with Crippen LogP contribution in [0.5, 0.6) is 0 Å². The quantitative estimate of drug-likeness (QED) is 0.491. The topological polar surface area (TPSA) is 50.7 Å². The Labute approximate surface area is 145 Å². The van der Waals surface area contributed by atoms with Crippen LogP contribution in [0.4, 0.5) is 0 Å². The van der Waals surface area contributed by atoms with Gasteiger partial charge in [-0.05, 0) is 29.9 Å². The van der Waals surface area contributed by atoms with Gasteiger partial charge >= 0.3 is 0 Å². The molecule has 0 aliphatic heterocycles. The molecule has 3 heteroatoms. The highest BCUT2D eigenvalue weighted by molar-refractivity contribution is 6.54. The van der Waals surface area contributed by atoms with Crippen molar-refractivity contribution in [2.24, 2.45) is 21.9 Å². The SMILES string of the molecule is CN=C(/C(=N\N)c1ccccc1C)c1ccccc1C(C)C(C)C. The van der Waals surface area contributed by atoms with Crippen LogP contribution in [0, 0.1) is 12.8 Å². The largest absolute Gasteiger partial charge is 0.323 e. The van der Waals surface area contributed by atoms with Crippen molar-refractivity contribution in [3.8, 4) is 0 Å². The summed E-state index contributed by atoms with van der Waals surface area (Å²) in [5, 5.41) is 4.10. The van der Waals surface area contributed by atoms with E-state index in [0.717, 1.165) is 28.1 Å². The minimum atomic E-state index is 0.425. The molecule has 1 unspecified atom stereocenters. The summed E-state index contributed by atoms with van der Waals surface area (Å²) >= 11 is 0. The molecule has 0 radical (unpaired) electrons. The van der Waals surface area contributed by atoms with Crippen molar-refractivity contribution in [2.45, 2.75) is 33.6 Å². The van der Waals surface area contributed by atoms with Gasteiger partial charge in [-0.25, -0.2) is 0 Å². The molecule has 1 atom stereocenters. The molecule has 0 saturated heterocycles. The fourth-order valence-corrected chi connectivity index (χ4v) is 2.92. The molecule has 2 N–H and O–H groups in total. The summed E-state index contributed by atoms with van der Waals surface area (Å²) in [7, 11) is 1.80. The number of hydrogen-bond donors (Lipinski definition) is 1. The molecular weight excluding hydrogens is 294 g/mol. The van der Waals surface area contributed by atoms with Gasteiger partial charge in [0.25, 0.3) is 0 Å². The molecule has 24 heavy (non-hydrogen) atoms. The Morgan fingerprint density at radius 1 is 0.875 bits per heavy atom. The Kier molecular flexibility index (Phi) is 5.91. The molecule has 0 aliphatic rings. The van der Waals surface area contributed by atoms with Crippen molar-refractivity contribution < 1.29 is 0 Å². The zero-order valence-electron chi connectivity index (χ0n) is 15.2. The van der Waals surface area contributed by atoms with E-state index in [-0.39, 0.29) is 0 Å². The highest BCUT2D eigenvalue weighted by Crippen LogP contribution is 2.28. The third-order valence-corrected chi connectivity index (χ3v) is 4.68. The lowest BCUT2D eigenvalue weighted by molar-refractivity contribution is 0.534. The lowest BCUT2D eigenvalue weighted by Crippen LogP contribution is -2.22. The van der Waals surface area contributed by atoms with Gasteiger partial charge in [-0.2, -0.15) is 5.10 Å². The number of hydrazone groups is 1. The standard InChI is InChI=1S/C21H27N3/c1-14(2)16(4)18-12-8-9-13-19(18)20(23-5)21(24-22)17-11-7-6-10-15(17)3/h6-14,16H,22H2,1-5H3/b23-20?,24-21-. The zero-order chi connectivity index (χ0) is 17.7. The minimum absolute atomic E-state index is 0.425. The van der Waals surface area contributed by atoms with Crippen LogP contribution in [0.15, 0.2) is 58.6 Å². The smallest absolute Gasteiger partial charge is 0.116 e. The summed E-state index contributed by atoms with van der Waals surface area (Å²) in [6.45, 7) is 8.80. The Morgan fingerprint density at radius 2 is 1.46 bits per heavy atom. The van der Waals surface area contributed by atoms with E-state index in [1.807, 2.05) is 24.3 Å². The molecule has 0 spiro atoms. The van der Waals surface area contributed by atoms with Gasteiger partial charge in [-0.15, -0.1) is 0 Å². The molecule has 0 aliphatic carbocycles. The third-order valence-electron chi connectivity index (χ3n) is 4.68. The van der Waals surface area contributed by atoms with E-state index in [4.69, 9.17) is 5.84 Å². The first-order valence-electron chi connectivity index (χ1n) is 8.41. The molecule has 0 heterocycles. The number of hydrogen-bond acceptors (Lipinski definition) is 3. The average Bonchev–Trinajstić information content (AvgIpc) is 2.60. The second-order valence-corrected chi connectivity index (χ2v) is 6.48. The van der Waals surface area contributed by atoms with Crippen LogP contribution < -0.4 is 5.84 Å². The number of rotatable bonds is 5. The highest BCUT2D eigenvalue weighted by Gasteiger charge is 2.21. The molecule has 3 nitrogen and oxygen atoms in total. The van der Waals surface area contributed by atoms with E-state index in [9.17, 15) is 0 Å². The van der Waals surface area contributed by atoms with Gasteiger partial charge in [0.2, 0.25) is 0 Å². The maximum absolute atomic E-state index is 5.78. The highest BCUT2D eigenvalue weighted by atomic mass is 15.1. The normalized spacial score (nSPS) is 14.1. The first kappa shape index (κ1) is 17.9.